The zero-order valence-electron chi connectivity index (χ0n) is 11.9. The molecule has 0 saturated carbocycles. The molecule has 0 spiro atoms. The van der Waals surface area contributed by atoms with Crippen molar-refractivity contribution in [3.63, 3.8) is 0 Å². The SMILES string of the molecule is O=C(c1ccc(Nc2ncc[nH]c2=O)cc1)N1CCOCC1. The zero-order valence-corrected chi connectivity index (χ0v) is 11.9. The molecule has 22 heavy (non-hydrogen) atoms. The van der Waals surface area contributed by atoms with E-state index in [9.17, 15) is 9.59 Å². The first-order valence-corrected chi connectivity index (χ1v) is 7.02. The number of aromatic amines is 1. The Hall–Kier alpha value is -2.67. The maximum Gasteiger partial charge on any atom is 0.291 e. The lowest BCUT2D eigenvalue weighted by Gasteiger charge is -2.26. The second-order valence-corrected chi connectivity index (χ2v) is 4.87. The van der Waals surface area contributed by atoms with E-state index in [0.717, 1.165) is 0 Å². The summed E-state index contributed by atoms with van der Waals surface area (Å²) in [6, 6.07) is 6.97. The van der Waals surface area contributed by atoms with Gasteiger partial charge in [0.2, 0.25) is 0 Å². The highest BCUT2D eigenvalue weighted by Crippen LogP contribution is 2.14. The third kappa shape index (κ3) is 3.15. The molecule has 1 amide bonds. The topological polar surface area (TPSA) is 87.3 Å². The molecule has 7 heteroatoms. The number of ether oxygens (including phenoxy) is 1. The second kappa shape index (κ2) is 6.40. The number of hydrogen-bond acceptors (Lipinski definition) is 5. The van der Waals surface area contributed by atoms with Crippen molar-refractivity contribution >= 4 is 17.4 Å². The van der Waals surface area contributed by atoms with Crippen LogP contribution in [0.5, 0.6) is 0 Å². The van der Waals surface area contributed by atoms with E-state index in [4.69, 9.17) is 4.74 Å². The minimum absolute atomic E-state index is 0.00877. The van der Waals surface area contributed by atoms with E-state index >= 15 is 0 Å². The number of rotatable bonds is 3. The van der Waals surface area contributed by atoms with Crippen molar-refractivity contribution < 1.29 is 9.53 Å². The van der Waals surface area contributed by atoms with Crippen molar-refractivity contribution in [1.82, 2.24) is 14.9 Å². The second-order valence-electron chi connectivity index (χ2n) is 4.87. The summed E-state index contributed by atoms with van der Waals surface area (Å²) < 4.78 is 5.24. The molecule has 1 aliphatic heterocycles. The Kier molecular flexibility index (Phi) is 4.15. The van der Waals surface area contributed by atoms with Gasteiger partial charge in [-0.25, -0.2) is 4.98 Å². The number of hydrogen-bond donors (Lipinski definition) is 2. The first-order valence-electron chi connectivity index (χ1n) is 7.02. The number of carbonyl (C=O) groups is 1. The van der Waals surface area contributed by atoms with Gasteiger partial charge in [-0.3, -0.25) is 9.59 Å². The molecule has 7 nitrogen and oxygen atoms in total. The van der Waals surface area contributed by atoms with E-state index in [1.807, 2.05) is 0 Å². The van der Waals surface area contributed by atoms with E-state index in [-0.39, 0.29) is 17.3 Å². The van der Waals surface area contributed by atoms with Gasteiger partial charge in [0.25, 0.3) is 11.5 Å². The maximum atomic E-state index is 12.3. The van der Waals surface area contributed by atoms with Gasteiger partial charge in [0.05, 0.1) is 13.2 Å². The first-order chi connectivity index (χ1) is 10.7. The Morgan fingerprint density at radius 1 is 1.23 bits per heavy atom. The molecule has 0 bridgehead atoms. The average molecular weight is 300 g/mol. The molecule has 1 fully saturated rings. The Balaban J connectivity index is 1.71. The van der Waals surface area contributed by atoms with Gasteiger partial charge in [-0.15, -0.1) is 0 Å². The van der Waals surface area contributed by atoms with Gasteiger partial charge in [0.15, 0.2) is 5.82 Å². The summed E-state index contributed by atoms with van der Waals surface area (Å²) in [5.41, 5.74) is 1.01. The van der Waals surface area contributed by atoms with Crippen LogP contribution in [-0.4, -0.2) is 47.1 Å². The molecule has 1 aliphatic rings. The fraction of sp³-hybridized carbons (Fsp3) is 0.267. The van der Waals surface area contributed by atoms with Gasteiger partial charge < -0.3 is 19.9 Å². The Labute approximate surface area is 126 Å². The standard InChI is InChI=1S/C15H16N4O3/c20-14-13(16-5-6-17-14)18-12-3-1-11(2-4-12)15(21)19-7-9-22-10-8-19/h1-6H,7-10H2,(H,16,18)(H,17,20). The van der Waals surface area contributed by atoms with E-state index in [2.05, 4.69) is 15.3 Å². The monoisotopic (exact) mass is 300 g/mol. The van der Waals surface area contributed by atoms with Crippen LogP contribution in [0.25, 0.3) is 0 Å². The van der Waals surface area contributed by atoms with Crippen LogP contribution in [0.4, 0.5) is 11.5 Å². The third-order valence-electron chi connectivity index (χ3n) is 3.40. The van der Waals surface area contributed by atoms with E-state index in [0.29, 0.717) is 37.6 Å². The lowest BCUT2D eigenvalue weighted by atomic mass is 10.1. The molecule has 114 valence electrons. The first kappa shape index (κ1) is 14.3. The largest absolute Gasteiger partial charge is 0.378 e. The van der Waals surface area contributed by atoms with Gasteiger partial charge >= 0.3 is 0 Å². The molecule has 0 unspecified atom stereocenters. The summed E-state index contributed by atoms with van der Waals surface area (Å²) >= 11 is 0. The number of anilines is 2. The fourth-order valence-electron chi connectivity index (χ4n) is 2.22. The normalized spacial score (nSPS) is 14.6. The lowest BCUT2D eigenvalue weighted by Crippen LogP contribution is -2.40. The number of H-pyrrole nitrogens is 1. The molecule has 0 atom stereocenters. The molecule has 1 aromatic heterocycles. The molecule has 2 N–H and O–H groups in total. The smallest absolute Gasteiger partial charge is 0.291 e. The Morgan fingerprint density at radius 3 is 2.64 bits per heavy atom. The number of carbonyl (C=O) groups excluding carboxylic acids is 1. The van der Waals surface area contributed by atoms with Crippen LogP contribution in [0.3, 0.4) is 0 Å². The lowest BCUT2D eigenvalue weighted by molar-refractivity contribution is 0.0303. The highest BCUT2D eigenvalue weighted by atomic mass is 16.5. The number of morpholine rings is 1. The molecular formula is C15H16N4O3. The molecule has 0 radical (unpaired) electrons. The summed E-state index contributed by atoms with van der Waals surface area (Å²) in [6.07, 6.45) is 2.97. The maximum absolute atomic E-state index is 12.3. The van der Waals surface area contributed by atoms with Crippen LogP contribution in [0.15, 0.2) is 41.5 Å². The highest BCUT2D eigenvalue weighted by Gasteiger charge is 2.18. The van der Waals surface area contributed by atoms with Crippen molar-refractivity contribution in [2.45, 2.75) is 0 Å². The highest BCUT2D eigenvalue weighted by molar-refractivity contribution is 5.94. The van der Waals surface area contributed by atoms with Gasteiger partial charge in [0.1, 0.15) is 0 Å². The van der Waals surface area contributed by atoms with Crippen molar-refractivity contribution in [1.29, 1.82) is 0 Å². The van der Waals surface area contributed by atoms with E-state index in [1.54, 1.807) is 29.2 Å². The minimum atomic E-state index is -0.295. The zero-order chi connectivity index (χ0) is 15.4. The summed E-state index contributed by atoms with van der Waals surface area (Å²) in [7, 11) is 0. The van der Waals surface area contributed by atoms with E-state index < -0.39 is 0 Å². The van der Waals surface area contributed by atoms with Crippen molar-refractivity contribution in [3.8, 4) is 0 Å². The molecular weight excluding hydrogens is 284 g/mol. The van der Waals surface area contributed by atoms with Crippen LogP contribution < -0.4 is 10.9 Å². The number of aromatic nitrogens is 2. The van der Waals surface area contributed by atoms with Crippen LogP contribution in [0.1, 0.15) is 10.4 Å². The molecule has 1 saturated heterocycles. The van der Waals surface area contributed by atoms with E-state index in [1.165, 1.54) is 12.4 Å². The van der Waals surface area contributed by atoms with Crippen molar-refractivity contribution in [2.24, 2.45) is 0 Å². The summed E-state index contributed by atoms with van der Waals surface area (Å²) in [5.74, 6) is 0.209. The van der Waals surface area contributed by atoms with Gasteiger partial charge in [0, 0.05) is 36.7 Å². The molecule has 2 aromatic rings. The predicted octanol–water partition coefficient (Wildman–Crippen LogP) is 0.986. The number of amides is 1. The average Bonchev–Trinajstić information content (AvgIpc) is 2.58. The predicted molar refractivity (Wildman–Crippen MR) is 81.3 cm³/mol. The molecule has 0 aliphatic carbocycles. The van der Waals surface area contributed by atoms with Crippen LogP contribution in [-0.2, 0) is 4.74 Å². The fourth-order valence-corrected chi connectivity index (χ4v) is 2.22. The number of nitrogens with zero attached hydrogens (tertiary/aromatic N) is 2. The molecule has 1 aromatic carbocycles. The van der Waals surface area contributed by atoms with Gasteiger partial charge in [-0.05, 0) is 24.3 Å². The van der Waals surface area contributed by atoms with Gasteiger partial charge in [-0.1, -0.05) is 0 Å². The number of benzene rings is 1. The molecule has 2 heterocycles. The van der Waals surface area contributed by atoms with Crippen LogP contribution in [0, 0.1) is 0 Å². The van der Waals surface area contributed by atoms with Gasteiger partial charge in [-0.2, -0.15) is 0 Å². The Morgan fingerprint density at radius 2 is 1.95 bits per heavy atom. The third-order valence-corrected chi connectivity index (χ3v) is 3.40. The summed E-state index contributed by atoms with van der Waals surface area (Å²) in [4.78, 5) is 32.1. The quantitative estimate of drug-likeness (QED) is 0.882. The number of nitrogens with one attached hydrogen (secondary N) is 2. The Bertz CT molecular complexity index is 705. The minimum Gasteiger partial charge on any atom is -0.378 e. The summed E-state index contributed by atoms with van der Waals surface area (Å²) in [5, 5.41) is 2.92. The van der Waals surface area contributed by atoms with Crippen LogP contribution >= 0.6 is 0 Å². The molecule has 3 rings (SSSR count). The van der Waals surface area contributed by atoms with Crippen LogP contribution in [0.2, 0.25) is 0 Å². The van der Waals surface area contributed by atoms with Crippen molar-refractivity contribution in [3.05, 3.63) is 52.6 Å². The summed E-state index contributed by atoms with van der Waals surface area (Å²) in [6.45, 7) is 2.38. The van der Waals surface area contributed by atoms with Crippen molar-refractivity contribution in [2.75, 3.05) is 31.6 Å².